The molecule has 2 rings (SSSR count). The second-order valence-corrected chi connectivity index (χ2v) is 7.05. The second kappa shape index (κ2) is 9.60. The molecule has 0 aromatic heterocycles. The van der Waals surface area contributed by atoms with Crippen LogP contribution < -0.4 is 10.1 Å². The van der Waals surface area contributed by atoms with E-state index in [0.29, 0.717) is 11.4 Å². The van der Waals surface area contributed by atoms with Crippen LogP contribution >= 0.6 is 11.6 Å². The predicted molar refractivity (Wildman–Crippen MR) is 105 cm³/mol. The van der Waals surface area contributed by atoms with Crippen LogP contribution in [0.1, 0.15) is 37.3 Å². The first-order chi connectivity index (χ1) is 12.4. The summed E-state index contributed by atoms with van der Waals surface area (Å²) in [5, 5.41) is 13.9. The Balaban J connectivity index is 1.68. The number of halogens is 1. The van der Waals surface area contributed by atoms with Crippen LogP contribution in [0.3, 0.4) is 0 Å². The molecule has 2 N–H and O–H groups in total. The molecule has 2 aromatic rings. The standard InChI is InChI=1S/C21H26ClNO3/c1-21(25,17-9-11-18(22)12-10-17)15-23-20(24)6-4-3-5-16-7-13-19(26-2)14-8-16/h7-14,25H,3-6,15H2,1-2H3,(H,23,24). The minimum absolute atomic E-state index is 0.0473. The highest BCUT2D eigenvalue weighted by atomic mass is 35.5. The highest BCUT2D eigenvalue weighted by Crippen LogP contribution is 2.21. The van der Waals surface area contributed by atoms with Gasteiger partial charge in [-0.15, -0.1) is 0 Å². The van der Waals surface area contributed by atoms with Crippen molar-refractivity contribution in [2.24, 2.45) is 0 Å². The van der Waals surface area contributed by atoms with Gasteiger partial charge in [-0.3, -0.25) is 4.79 Å². The molecular formula is C21H26ClNO3. The summed E-state index contributed by atoms with van der Waals surface area (Å²) in [5.41, 5.74) is 0.835. The Morgan fingerprint density at radius 3 is 2.38 bits per heavy atom. The second-order valence-electron chi connectivity index (χ2n) is 6.61. The van der Waals surface area contributed by atoms with Crippen LogP contribution in [-0.2, 0) is 16.8 Å². The van der Waals surface area contributed by atoms with Gasteiger partial charge in [0.25, 0.3) is 0 Å². The number of nitrogens with one attached hydrogen (secondary N) is 1. The normalized spacial score (nSPS) is 13.1. The van der Waals surface area contributed by atoms with Gasteiger partial charge in [0.2, 0.25) is 5.91 Å². The lowest BCUT2D eigenvalue weighted by molar-refractivity contribution is -0.122. The van der Waals surface area contributed by atoms with Crippen LogP contribution in [0.5, 0.6) is 5.75 Å². The van der Waals surface area contributed by atoms with E-state index in [1.54, 1.807) is 38.3 Å². The molecule has 0 saturated carbocycles. The third-order valence-electron chi connectivity index (χ3n) is 4.37. The van der Waals surface area contributed by atoms with Crippen molar-refractivity contribution in [3.63, 3.8) is 0 Å². The van der Waals surface area contributed by atoms with E-state index in [9.17, 15) is 9.90 Å². The lowest BCUT2D eigenvalue weighted by Gasteiger charge is -2.24. The number of unbranched alkanes of at least 4 members (excludes halogenated alkanes) is 1. The van der Waals surface area contributed by atoms with Crippen molar-refractivity contribution < 1.29 is 14.6 Å². The van der Waals surface area contributed by atoms with E-state index in [1.807, 2.05) is 24.3 Å². The molecule has 2 aromatic carbocycles. The average Bonchev–Trinajstić information content (AvgIpc) is 2.64. The van der Waals surface area contributed by atoms with Gasteiger partial charge in [-0.05, 0) is 61.6 Å². The largest absolute Gasteiger partial charge is 0.497 e. The van der Waals surface area contributed by atoms with Gasteiger partial charge < -0.3 is 15.2 Å². The van der Waals surface area contributed by atoms with E-state index in [-0.39, 0.29) is 12.5 Å². The molecule has 1 unspecified atom stereocenters. The minimum atomic E-state index is -1.12. The van der Waals surface area contributed by atoms with Crippen molar-refractivity contribution in [2.45, 2.75) is 38.2 Å². The summed E-state index contributed by atoms with van der Waals surface area (Å²) in [7, 11) is 1.65. The SMILES string of the molecule is COc1ccc(CCCCC(=O)NCC(C)(O)c2ccc(Cl)cc2)cc1. The highest BCUT2D eigenvalue weighted by Gasteiger charge is 2.23. The van der Waals surface area contributed by atoms with Gasteiger partial charge >= 0.3 is 0 Å². The highest BCUT2D eigenvalue weighted by molar-refractivity contribution is 6.30. The molecule has 140 valence electrons. The number of hydrogen-bond donors (Lipinski definition) is 2. The fourth-order valence-electron chi connectivity index (χ4n) is 2.68. The zero-order valence-electron chi connectivity index (χ0n) is 15.3. The minimum Gasteiger partial charge on any atom is -0.497 e. The first-order valence-electron chi connectivity index (χ1n) is 8.79. The quantitative estimate of drug-likeness (QED) is 0.649. The maximum atomic E-state index is 12.0. The van der Waals surface area contributed by atoms with Crippen LogP contribution in [0.4, 0.5) is 0 Å². The number of aryl methyl sites for hydroxylation is 1. The van der Waals surface area contributed by atoms with Gasteiger partial charge in [0.1, 0.15) is 11.4 Å². The van der Waals surface area contributed by atoms with Crippen molar-refractivity contribution in [1.29, 1.82) is 0 Å². The van der Waals surface area contributed by atoms with Crippen LogP contribution in [0.15, 0.2) is 48.5 Å². The molecule has 1 amide bonds. The maximum absolute atomic E-state index is 12.0. The van der Waals surface area contributed by atoms with Gasteiger partial charge in [0.15, 0.2) is 0 Å². The number of methoxy groups -OCH3 is 1. The maximum Gasteiger partial charge on any atom is 0.220 e. The Labute approximate surface area is 160 Å². The molecule has 0 fully saturated rings. The summed E-state index contributed by atoms with van der Waals surface area (Å²) >= 11 is 5.86. The number of aliphatic hydroxyl groups is 1. The summed E-state index contributed by atoms with van der Waals surface area (Å²) in [6.45, 7) is 1.85. The van der Waals surface area contributed by atoms with Crippen LogP contribution in [0, 0.1) is 0 Å². The van der Waals surface area contributed by atoms with Gasteiger partial charge in [-0.25, -0.2) is 0 Å². The zero-order valence-corrected chi connectivity index (χ0v) is 16.1. The first-order valence-corrected chi connectivity index (χ1v) is 9.16. The summed E-state index contributed by atoms with van der Waals surface area (Å²) in [6, 6.07) is 15.0. The fourth-order valence-corrected chi connectivity index (χ4v) is 2.80. The summed E-state index contributed by atoms with van der Waals surface area (Å²) in [6.07, 6.45) is 3.13. The average molecular weight is 376 g/mol. The summed E-state index contributed by atoms with van der Waals surface area (Å²) < 4.78 is 5.14. The number of hydrogen-bond acceptors (Lipinski definition) is 3. The van der Waals surface area contributed by atoms with Gasteiger partial charge in [0, 0.05) is 11.4 Å². The summed E-state index contributed by atoms with van der Waals surface area (Å²) in [5.74, 6) is 0.801. The monoisotopic (exact) mass is 375 g/mol. The zero-order chi connectivity index (χ0) is 19.0. The molecule has 0 radical (unpaired) electrons. The Morgan fingerprint density at radius 2 is 1.77 bits per heavy atom. The van der Waals surface area contributed by atoms with E-state index in [0.717, 1.165) is 30.6 Å². The van der Waals surface area contributed by atoms with Crippen LogP contribution in [0.2, 0.25) is 5.02 Å². The molecular weight excluding hydrogens is 350 g/mol. The van der Waals surface area contributed by atoms with E-state index >= 15 is 0 Å². The number of carbonyl (C=O) groups is 1. The third kappa shape index (κ3) is 6.36. The fraction of sp³-hybridized carbons (Fsp3) is 0.381. The van der Waals surface area contributed by atoms with E-state index in [4.69, 9.17) is 16.3 Å². The molecule has 1 atom stereocenters. The number of benzene rings is 2. The Kier molecular flexibility index (Phi) is 7.49. The van der Waals surface area contributed by atoms with E-state index in [2.05, 4.69) is 5.32 Å². The molecule has 5 heteroatoms. The molecule has 4 nitrogen and oxygen atoms in total. The van der Waals surface area contributed by atoms with Crippen LogP contribution in [-0.4, -0.2) is 24.7 Å². The smallest absolute Gasteiger partial charge is 0.220 e. The molecule has 0 aliphatic rings. The molecule has 0 spiro atoms. The molecule has 0 bridgehead atoms. The predicted octanol–water partition coefficient (Wildman–Crippen LogP) is 4.09. The van der Waals surface area contributed by atoms with Crippen molar-refractivity contribution >= 4 is 17.5 Å². The Bertz CT molecular complexity index is 696. The Hall–Kier alpha value is -2.04. The number of ether oxygens (including phenoxy) is 1. The Morgan fingerprint density at radius 1 is 1.12 bits per heavy atom. The van der Waals surface area contributed by atoms with E-state index < -0.39 is 5.60 Å². The van der Waals surface area contributed by atoms with Crippen molar-refractivity contribution in [2.75, 3.05) is 13.7 Å². The third-order valence-corrected chi connectivity index (χ3v) is 4.63. The van der Waals surface area contributed by atoms with Crippen molar-refractivity contribution in [3.8, 4) is 5.75 Å². The number of rotatable bonds is 9. The molecule has 0 heterocycles. The number of carbonyl (C=O) groups excluding carboxylic acids is 1. The molecule has 0 aliphatic heterocycles. The van der Waals surface area contributed by atoms with Gasteiger partial charge in [-0.1, -0.05) is 35.9 Å². The summed E-state index contributed by atoms with van der Waals surface area (Å²) in [4.78, 5) is 12.0. The van der Waals surface area contributed by atoms with E-state index in [1.165, 1.54) is 5.56 Å². The van der Waals surface area contributed by atoms with Gasteiger partial charge in [0.05, 0.1) is 13.7 Å². The van der Waals surface area contributed by atoms with Gasteiger partial charge in [-0.2, -0.15) is 0 Å². The lowest BCUT2D eigenvalue weighted by atomic mass is 9.96. The lowest BCUT2D eigenvalue weighted by Crippen LogP contribution is -2.38. The molecule has 26 heavy (non-hydrogen) atoms. The van der Waals surface area contributed by atoms with Crippen LogP contribution in [0.25, 0.3) is 0 Å². The van der Waals surface area contributed by atoms with Crippen molar-refractivity contribution in [1.82, 2.24) is 5.32 Å². The van der Waals surface area contributed by atoms with Crippen molar-refractivity contribution in [3.05, 3.63) is 64.7 Å². The topological polar surface area (TPSA) is 58.6 Å². The first kappa shape index (κ1) is 20.3. The molecule has 0 aliphatic carbocycles. The number of amides is 1. The molecule has 0 saturated heterocycles.